The van der Waals surface area contributed by atoms with Crippen LogP contribution < -0.4 is 11.1 Å². The number of carboxylic acid groups (broad SMARTS) is 1. The Hall–Kier alpha value is -1.39. The molecule has 0 bridgehead atoms. The summed E-state index contributed by atoms with van der Waals surface area (Å²) < 4.78 is 0. The molecule has 1 aromatic rings. The minimum Gasteiger partial charge on any atom is -0.480 e. The van der Waals surface area contributed by atoms with Crippen molar-refractivity contribution in [2.75, 3.05) is 6.54 Å². The van der Waals surface area contributed by atoms with Crippen LogP contribution in [0.5, 0.6) is 0 Å². The second-order valence-electron chi connectivity index (χ2n) is 4.83. The summed E-state index contributed by atoms with van der Waals surface area (Å²) in [4.78, 5) is 10.6. The average Bonchev–Trinajstić information content (AvgIpc) is 2.77. The molecule has 2 rings (SSSR count). The van der Waals surface area contributed by atoms with E-state index in [2.05, 4.69) is 29.6 Å². The molecule has 0 saturated heterocycles. The molecule has 1 aliphatic carbocycles. The van der Waals surface area contributed by atoms with Gasteiger partial charge in [-0.05, 0) is 43.4 Å². The van der Waals surface area contributed by atoms with E-state index in [0.717, 1.165) is 25.8 Å². The van der Waals surface area contributed by atoms with Gasteiger partial charge in [-0.1, -0.05) is 24.3 Å². The highest BCUT2D eigenvalue weighted by Gasteiger charge is 2.21. The molecule has 1 aromatic carbocycles. The zero-order valence-electron chi connectivity index (χ0n) is 10.4. The standard InChI is InChI=1S/C14H20N2O2/c15-12(14(17)18)6-3-9-16-13-8-7-10-4-1-2-5-11(10)13/h1-2,4-5,12-13,16H,3,6-9,15H2,(H,17,18). The predicted molar refractivity (Wildman–Crippen MR) is 70.4 cm³/mol. The van der Waals surface area contributed by atoms with Gasteiger partial charge in [0.1, 0.15) is 6.04 Å². The minimum atomic E-state index is -0.916. The summed E-state index contributed by atoms with van der Waals surface area (Å²) in [6.45, 7) is 0.819. The van der Waals surface area contributed by atoms with E-state index < -0.39 is 12.0 Å². The Kier molecular flexibility index (Phi) is 4.33. The molecule has 4 heteroatoms. The van der Waals surface area contributed by atoms with Crippen LogP contribution in [-0.4, -0.2) is 23.7 Å². The molecular weight excluding hydrogens is 228 g/mol. The van der Waals surface area contributed by atoms with E-state index in [1.165, 1.54) is 11.1 Å². The monoisotopic (exact) mass is 248 g/mol. The number of hydrogen-bond donors (Lipinski definition) is 3. The van der Waals surface area contributed by atoms with Gasteiger partial charge in [0.2, 0.25) is 0 Å². The van der Waals surface area contributed by atoms with Gasteiger partial charge in [-0.25, -0.2) is 0 Å². The molecule has 18 heavy (non-hydrogen) atoms. The topological polar surface area (TPSA) is 75.3 Å². The lowest BCUT2D eigenvalue weighted by atomic mass is 10.1. The first-order chi connectivity index (χ1) is 8.68. The zero-order chi connectivity index (χ0) is 13.0. The van der Waals surface area contributed by atoms with Crippen LogP contribution in [0.3, 0.4) is 0 Å². The third-order valence-corrected chi connectivity index (χ3v) is 3.53. The van der Waals surface area contributed by atoms with E-state index in [-0.39, 0.29) is 0 Å². The first kappa shape index (κ1) is 13.1. The van der Waals surface area contributed by atoms with Gasteiger partial charge in [0, 0.05) is 6.04 Å². The van der Waals surface area contributed by atoms with Gasteiger partial charge >= 0.3 is 5.97 Å². The number of nitrogens with one attached hydrogen (secondary N) is 1. The number of carboxylic acids is 1. The van der Waals surface area contributed by atoms with Crippen molar-refractivity contribution >= 4 is 5.97 Å². The van der Waals surface area contributed by atoms with Crippen LogP contribution in [0.15, 0.2) is 24.3 Å². The van der Waals surface area contributed by atoms with Crippen LogP contribution in [-0.2, 0) is 11.2 Å². The van der Waals surface area contributed by atoms with E-state index in [1.807, 2.05) is 0 Å². The van der Waals surface area contributed by atoms with Crippen molar-refractivity contribution in [3.8, 4) is 0 Å². The maximum Gasteiger partial charge on any atom is 0.320 e. The lowest BCUT2D eigenvalue weighted by Gasteiger charge is -2.14. The van der Waals surface area contributed by atoms with Crippen LogP contribution in [0.4, 0.5) is 0 Å². The van der Waals surface area contributed by atoms with Gasteiger partial charge < -0.3 is 16.2 Å². The van der Waals surface area contributed by atoms with Gasteiger partial charge in [0.15, 0.2) is 0 Å². The molecular formula is C14H20N2O2. The Labute approximate surface area is 107 Å². The molecule has 4 N–H and O–H groups in total. The number of fused-ring (bicyclic) bond motifs is 1. The summed E-state index contributed by atoms with van der Waals surface area (Å²) in [5.74, 6) is -0.916. The predicted octanol–water partition coefficient (Wildman–Crippen LogP) is 1.46. The number of carbonyl (C=O) groups is 1. The Morgan fingerprint density at radius 2 is 2.28 bits per heavy atom. The van der Waals surface area contributed by atoms with Gasteiger partial charge in [-0.2, -0.15) is 0 Å². The van der Waals surface area contributed by atoms with Crippen LogP contribution in [0, 0.1) is 0 Å². The molecule has 0 amide bonds. The normalized spacial score (nSPS) is 19.5. The number of hydrogen-bond acceptors (Lipinski definition) is 3. The minimum absolute atomic E-state index is 0.419. The first-order valence-electron chi connectivity index (χ1n) is 6.48. The number of aryl methyl sites for hydroxylation is 1. The molecule has 2 atom stereocenters. The maximum absolute atomic E-state index is 10.6. The van der Waals surface area contributed by atoms with Crippen LogP contribution in [0.1, 0.15) is 36.4 Å². The highest BCUT2D eigenvalue weighted by molar-refractivity contribution is 5.72. The van der Waals surface area contributed by atoms with E-state index in [4.69, 9.17) is 10.8 Å². The second-order valence-corrected chi connectivity index (χ2v) is 4.83. The molecule has 0 aliphatic heterocycles. The van der Waals surface area contributed by atoms with Crippen LogP contribution in [0.2, 0.25) is 0 Å². The molecule has 98 valence electrons. The van der Waals surface area contributed by atoms with Crippen LogP contribution in [0.25, 0.3) is 0 Å². The van der Waals surface area contributed by atoms with Crippen molar-refractivity contribution < 1.29 is 9.90 Å². The molecule has 0 fully saturated rings. The van der Waals surface area contributed by atoms with Gasteiger partial charge in [-0.15, -0.1) is 0 Å². The highest BCUT2D eigenvalue weighted by Crippen LogP contribution is 2.30. The summed E-state index contributed by atoms with van der Waals surface area (Å²) in [5, 5.41) is 12.2. The number of aliphatic carboxylic acids is 1. The van der Waals surface area contributed by atoms with E-state index >= 15 is 0 Å². The van der Waals surface area contributed by atoms with Gasteiger partial charge in [0.05, 0.1) is 0 Å². The molecule has 0 radical (unpaired) electrons. The summed E-state index contributed by atoms with van der Waals surface area (Å²) >= 11 is 0. The van der Waals surface area contributed by atoms with Crippen molar-refractivity contribution in [3.63, 3.8) is 0 Å². The molecule has 0 spiro atoms. The fraction of sp³-hybridized carbons (Fsp3) is 0.500. The van der Waals surface area contributed by atoms with Gasteiger partial charge in [-0.3, -0.25) is 4.79 Å². The quantitative estimate of drug-likeness (QED) is 0.666. The lowest BCUT2D eigenvalue weighted by molar-refractivity contribution is -0.138. The molecule has 0 heterocycles. The molecule has 0 saturated carbocycles. The largest absolute Gasteiger partial charge is 0.480 e. The number of benzene rings is 1. The average molecular weight is 248 g/mol. The third-order valence-electron chi connectivity index (χ3n) is 3.53. The van der Waals surface area contributed by atoms with Crippen molar-refractivity contribution in [2.45, 2.75) is 37.8 Å². The SMILES string of the molecule is NC(CCCNC1CCc2ccccc21)C(=O)O. The maximum atomic E-state index is 10.6. The fourth-order valence-corrected chi connectivity index (χ4v) is 2.49. The Balaban J connectivity index is 1.74. The van der Waals surface area contributed by atoms with Crippen molar-refractivity contribution in [3.05, 3.63) is 35.4 Å². The molecule has 2 unspecified atom stereocenters. The Morgan fingerprint density at radius 1 is 1.50 bits per heavy atom. The lowest BCUT2D eigenvalue weighted by Crippen LogP contribution is -2.31. The third kappa shape index (κ3) is 3.09. The Bertz CT molecular complexity index is 420. The highest BCUT2D eigenvalue weighted by atomic mass is 16.4. The van der Waals surface area contributed by atoms with E-state index in [0.29, 0.717) is 12.5 Å². The molecule has 4 nitrogen and oxygen atoms in total. The fourth-order valence-electron chi connectivity index (χ4n) is 2.49. The smallest absolute Gasteiger partial charge is 0.320 e. The second kappa shape index (κ2) is 5.98. The van der Waals surface area contributed by atoms with Crippen LogP contribution >= 0.6 is 0 Å². The Morgan fingerprint density at radius 3 is 3.06 bits per heavy atom. The molecule has 0 aromatic heterocycles. The summed E-state index contributed by atoms with van der Waals surface area (Å²) in [6.07, 6.45) is 3.58. The number of nitrogens with two attached hydrogens (primary N) is 1. The zero-order valence-corrected chi connectivity index (χ0v) is 10.4. The van der Waals surface area contributed by atoms with E-state index in [1.54, 1.807) is 0 Å². The summed E-state index contributed by atoms with van der Waals surface area (Å²) in [5.41, 5.74) is 8.28. The van der Waals surface area contributed by atoms with Gasteiger partial charge in [0.25, 0.3) is 0 Å². The number of rotatable bonds is 6. The van der Waals surface area contributed by atoms with Crippen molar-refractivity contribution in [2.24, 2.45) is 5.73 Å². The molecule has 1 aliphatic rings. The summed E-state index contributed by atoms with van der Waals surface area (Å²) in [6, 6.07) is 8.18. The van der Waals surface area contributed by atoms with E-state index in [9.17, 15) is 4.79 Å². The summed E-state index contributed by atoms with van der Waals surface area (Å²) in [7, 11) is 0. The van der Waals surface area contributed by atoms with Crippen molar-refractivity contribution in [1.82, 2.24) is 5.32 Å². The first-order valence-corrected chi connectivity index (χ1v) is 6.48. The van der Waals surface area contributed by atoms with Crippen molar-refractivity contribution in [1.29, 1.82) is 0 Å².